The molecule has 17 heavy (non-hydrogen) atoms. The van der Waals surface area contributed by atoms with E-state index in [0.717, 1.165) is 18.6 Å². The molecule has 2 N–H and O–H groups in total. The van der Waals surface area contributed by atoms with Gasteiger partial charge in [-0.1, -0.05) is 0 Å². The summed E-state index contributed by atoms with van der Waals surface area (Å²) in [6.45, 7) is 1.04. The SMILES string of the molecule is Cl.NC1CCN(C(=O)c2ccc(F)c(F)c2)C1. The zero-order valence-corrected chi connectivity index (χ0v) is 9.84. The summed E-state index contributed by atoms with van der Waals surface area (Å²) in [5.74, 6) is -2.25. The second-order valence-electron chi connectivity index (χ2n) is 3.93. The summed E-state index contributed by atoms with van der Waals surface area (Å²) in [6, 6.07) is 3.14. The fraction of sp³-hybridized carbons (Fsp3) is 0.364. The summed E-state index contributed by atoms with van der Waals surface area (Å²) in [7, 11) is 0. The van der Waals surface area contributed by atoms with Crippen molar-refractivity contribution in [2.24, 2.45) is 5.73 Å². The van der Waals surface area contributed by atoms with Gasteiger partial charge in [-0.15, -0.1) is 12.4 Å². The minimum Gasteiger partial charge on any atom is -0.337 e. The van der Waals surface area contributed by atoms with Crippen LogP contribution in [0.2, 0.25) is 0 Å². The molecule has 6 heteroatoms. The molecule has 0 saturated carbocycles. The van der Waals surface area contributed by atoms with Gasteiger partial charge in [0, 0.05) is 24.7 Å². The molecule has 1 aliphatic rings. The minimum atomic E-state index is -1.01. The van der Waals surface area contributed by atoms with Crippen LogP contribution >= 0.6 is 12.4 Å². The van der Waals surface area contributed by atoms with Gasteiger partial charge in [-0.25, -0.2) is 8.78 Å². The van der Waals surface area contributed by atoms with E-state index in [1.165, 1.54) is 6.07 Å². The summed E-state index contributed by atoms with van der Waals surface area (Å²) in [4.78, 5) is 13.4. The first kappa shape index (κ1) is 13.9. The van der Waals surface area contributed by atoms with Crippen molar-refractivity contribution in [3.05, 3.63) is 35.4 Å². The molecule has 94 valence electrons. The van der Waals surface area contributed by atoms with Crippen LogP contribution in [-0.2, 0) is 0 Å². The van der Waals surface area contributed by atoms with Gasteiger partial charge in [-0.3, -0.25) is 4.79 Å². The zero-order chi connectivity index (χ0) is 11.7. The fourth-order valence-corrected chi connectivity index (χ4v) is 1.78. The Balaban J connectivity index is 0.00000144. The summed E-state index contributed by atoms with van der Waals surface area (Å²) in [5, 5.41) is 0. The molecular weight excluding hydrogens is 250 g/mol. The Labute approximate surface area is 104 Å². The summed E-state index contributed by atoms with van der Waals surface area (Å²) >= 11 is 0. The van der Waals surface area contributed by atoms with Gasteiger partial charge in [0.25, 0.3) is 5.91 Å². The van der Waals surface area contributed by atoms with Gasteiger partial charge in [0.1, 0.15) is 0 Å². The Kier molecular flexibility index (Phi) is 4.42. The molecule has 3 nitrogen and oxygen atoms in total. The Bertz CT molecular complexity index is 428. The third kappa shape index (κ3) is 2.92. The first-order valence-corrected chi connectivity index (χ1v) is 5.08. The number of likely N-dealkylation sites (tertiary alicyclic amines) is 1. The van der Waals surface area contributed by atoms with Crippen LogP contribution in [0.4, 0.5) is 8.78 Å². The lowest BCUT2D eigenvalue weighted by Gasteiger charge is -2.15. The van der Waals surface area contributed by atoms with Gasteiger partial charge in [0.15, 0.2) is 11.6 Å². The lowest BCUT2D eigenvalue weighted by Crippen LogP contribution is -2.31. The van der Waals surface area contributed by atoms with Crippen molar-refractivity contribution in [3.8, 4) is 0 Å². The Morgan fingerprint density at radius 1 is 1.35 bits per heavy atom. The van der Waals surface area contributed by atoms with Crippen LogP contribution in [0.15, 0.2) is 18.2 Å². The summed E-state index contributed by atoms with van der Waals surface area (Å²) in [5.41, 5.74) is 5.83. The Morgan fingerprint density at radius 2 is 2.06 bits per heavy atom. The topological polar surface area (TPSA) is 46.3 Å². The van der Waals surface area contributed by atoms with E-state index in [1.807, 2.05) is 0 Å². The van der Waals surface area contributed by atoms with E-state index < -0.39 is 11.6 Å². The van der Waals surface area contributed by atoms with Crippen LogP contribution in [0.3, 0.4) is 0 Å². The number of carbonyl (C=O) groups is 1. The minimum absolute atomic E-state index is 0. The molecule has 1 fully saturated rings. The fourth-order valence-electron chi connectivity index (χ4n) is 1.78. The smallest absolute Gasteiger partial charge is 0.254 e. The van der Waals surface area contributed by atoms with Crippen molar-refractivity contribution in [3.63, 3.8) is 0 Å². The first-order valence-electron chi connectivity index (χ1n) is 5.08. The van der Waals surface area contributed by atoms with Gasteiger partial charge >= 0.3 is 0 Å². The standard InChI is InChI=1S/C11H12F2N2O.ClH/c12-9-2-1-7(5-10(9)13)11(16)15-4-3-8(14)6-15;/h1-2,5,8H,3-4,6,14H2;1H. The van der Waals surface area contributed by atoms with E-state index >= 15 is 0 Å². The van der Waals surface area contributed by atoms with E-state index in [-0.39, 0.29) is 29.9 Å². The monoisotopic (exact) mass is 262 g/mol. The second kappa shape index (κ2) is 5.42. The quantitative estimate of drug-likeness (QED) is 0.835. The molecule has 0 spiro atoms. The van der Waals surface area contributed by atoms with E-state index in [0.29, 0.717) is 13.1 Å². The Hall–Kier alpha value is -1.20. The van der Waals surface area contributed by atoms with Crippen molar-refractivity contribution < 1.29 is 13.6 Å². The van der Waals surface area contributed by atoms with Crippen molar-refractivity contribution in [2.45, 2.75) is 12.5 Å². The van der Waals surface area contributed by atoms with Crippen LogP contribution in [0.1, 0.15) is 16.8 Å². The average Bonchev–Trinajstić information content (AvgIpc) is 2.68. The molecule has 1 aromatic carbocycles. The second-order valence-corrected chi connectivity index (χ2v) is 3.93. The molecule has 0 aromatic heterocycles. The van der Waals surface area contributed by atoms with E-state index in [2.05, 4.69) is 0 Å². The number of hydrogen-bond donors (Lipinski definition) is 1. The molecule has 1 atom stereocenters. The highest BCUT2D eigenvalue weighted by Gasteiger charge is 2.24. The first-order chi connectivity index (χ1) is 7.58. The van der Waals surface area contributed by atoms with Crippen molar-refractivity contribution in [1.82, 2.24) is 4.90 Å². The average molecular weight is 263 g/mol. The van der Waals surface area contributed by atoms with Gasteiger partial charge in [-0.05, 0) is 24.6 Å². The van der Waals surface area contributed by atoms with Gasteiger partial charge in [0.05, 0.1) is 0 Å². The number of hydrogen-bond acceptors (Lipinski definition) is 2. The molecule has 1 saturated heterocycles. The van der Waals surface area contributed by atoms with Gasteiger partial charge in [-0.2, -0.15) is 0 Å². The zero-order valence-electron chi connectivity index (χ0n) is 9.03. The van der Waals surface area contributed by atoms with Crippen LogP contribution in [0.25, 0.3) is 0 Å². The number of amides is 1. The maximum atomic E-state index is 12.9. The molecule has 1 aromatic rings. The number of halogens is 3. The highest BCUT2D eigenvalue weighted by molar-refractivity contribution is 5.94. The highest BCUT2D eigenvalue weighted by Crippen LogP contribution is 2.14. The molecule has 2 rings (SSSR count). The summed E-state index contributed by atoms with van der Waals surface area (Å²) in [6.07, 6.45) is 0.745. The third-order valence-electron chi connectivity index (χ3n) is 2.68. The van der Waals surface area contributed by atoms with Crippen LogP contribution in [0, 0.1) is 11.6 Å². The van der Waals surface area contributed by atoms with Gasteiger partial charge in [0.2, 0.25) is 0 Å². The lowest BCUT2D eigenvalue weighted by molar-refractivity contribution is 0.0790. The third-order valence-corrected chi connectivity index (χ3v) is 2.68. The lowest BCUT2D eigenvalue weighted by atomic mass is 10.2. The molecule has 1 amide bonds. The van der Waals surface area contributed by atoms with Crippen molar-refractivity contribution in [2.75, 3.05) is 13.1 Å². The van der Waals surface area contributed by atoms with E-state index in [1.54, 1.807) is 4.90 Å². The molecule has 0 bridgehead atoms. The van der Waals surface area contributed by atoms with Crippen LogP contribution < -0.4 is 5.73 Å². The summed E-state index contributed by atoms with van der Waals surface area (Å²) < 4.78 is 25.6. The Morgan fingerprint density at radius 3 is 2.59 bits per heavy atom. The van der Waals surface area contributed by atoms with Crippen LogP contribution in [0.5, 0.6) is 0 Å². The van der Waals surface area contributed by atoms with Crippen LogP contribution in [-0.4, -0.2) is 29.9 Å². The predicted molar refractivity (Wildman–Crippen MR) is 62.1 cm³/mol. The van der Waals surface area contributed by atoms with Crippen molar-refractivity contribution in [1.29, 1.82) is 0 Å². The molecular formula is C11H13ClF2N2O. The normalized spacial score (nSPS) is 19.0. The van der Waals surface area contributed by atoms with E-state index in [4.69, 9.17) is 5.73 Å². The molecule has 0 radical (unpaired) electrons. The van der Waals surface area contributed by atoms with E-state index in [9.17, 15) is 13.6 Å². The maximum absolute atomic E-state index is 12.9. The van der Waals surface area contributed by atoms with Crippen molar-refractivity contribution >= 4 is 18.3 Å². The number of carbonyl (C=O) groups excluding carboxylic acids is 1. The number of nitrogens with two attached hydrogens (primary N) is 1. The predicted octanol–water partition coefficient (Wildman–Crippen LogP) is 1.56. The number of rotatable bonds is 1. The molecule has 0 aliphatic carbocycles. The molecule has 1 heterocycles. The number of nitrogens with zero attached hydrogens (tertiary/aromatic N) is 1. The molecule has 1 unspecified atom stereocenters. The highest BCUT2D eigenvalue weighted by atomic mass is 35.5. The number of benzene rings is 1. The largest absolute Gasteiger partial charge is 0.337 e. The maximum Gasteiger partial charge on any atom is 0.254 e. The molecule has 1 aliphatic heterocycles. The van der Waals surface area contributed by atoms with Gasteiger partial charge < -0.3 is 10.6 Å².